The number of carbonyl (C=O) groups is 1. The van der Waals surface area contributed by atoms with Gasteiger partial charge in [0, 0.05) is 30.6 Å². The van der Waals surface area contributed by atoms with Gasteiger partial charge in [0.2, 0.25) is 0 Å². The molecule has 1 fully saturated rings. The fourth-order valence-electron chi connectivity index (χ4n) is 2.76. The molecule has 2 aliphatic rings. The molecule has 0 aromatic heterocycles. The number of hydrogen-bond acceptors (Lipinski definition) is 4. The maximum atomic E-state index is 12.2. The minimum atomic E-state index is -0.428. The third kappa shape index (κ3) is 3.35. The molecule has 114 valence electrons. The Morgan fingerprint density at radius 2 is 2.05 bits per heavy atom. The van der Waals surface area contributed by atoms with Gasteiger partial charge < -0.3 is 9.64 Å². The Balaban J connectivity index is 1.68. The lowest BCUT2D eigenvalue weighted by Crippen LogP contribution is -2.54. The monoisotopic (exact) mass is 306 g/mol. The predicted molar refractivity (Wildman–Crippen MR) is 84.3 cm³/mol. The van der Waals surface area contributed by atoms with Crippen molar-refractivity contribution >= 4 is 18.0 Å². The van der Waals surface area contributed by atoms with Crippen molar-refractivity contribution in [2.24, 2.45) is 0 Å². The first kappa shape index (κ1) is 14.7. The summed E-state index contributed by atoms with van der Waals surface area (Å²) in [7, 11) is 0. The number of hydrogen-bond donors (Lipinski definition) is 0. The Labute approximate surface area is 130 Å². The molecule has 0 aliphatic carbocycles. The van der Waals surface area contributed by atoms with Crippen LogP contribution in [0.2, 0.25) is 0 Å². The van der Waals surface area contributed by atoms with E-state index < -0.39 is 5.60 Å². The molecule has 0 radical (unpaired) electrons. The second-order valence-electron chi connectivity index (χ2n) is 6.62. The van der Waals surface area contributed by atoms with Crippen LogP contribution >= 0.6 is 11.9 Å². The third-order valence-corrected chi connectivity index (χ3v) is 5.03. The van der Waals surface area contributed by atoms with Crippen LogP contribution in [-0.4, -0.2) is 46.6 Å². The number of ether oxygens (including phenoxy) is 1. The molecule has 3 rings (SSSR count). The first-order chi connectivity index (χ1) is 9.92. The summed E-state index contributed by atoms with van der Waals surface area (Å²) in [5.74, 6) is 0. The van der Waals surface area contributed by atoms with Crippen LogP contribution in [0.4, 0.5) is 4.79 Å². The van der Waals surface area contributed by atoms with Gasteiger partial charge in [-0.1, -0.05) is 18.2 Å². The number of carbonyl (C=O) groups excluding carboxylic acids is 1. The lowest BCUT2D eigenvalue weighted by atomic mass is 10.0. The molecule has 0 saturated carbocycles. The normalized spacial score (nSPS) is 22.4. The number of benzene rings is 1. The fraction of sp³-hybridized carbons (Fsp3) is 0.562. The highest BCUT2D eigenvalue weighted by molar-refractivity contribution is 7.97. The molecule has 0 spiro atoms. The van der Waals surface area contributed by atoms with Gasteiger partial charge >= 0.3 is 6.09 Å². The van der Waals surface area contributed by atoms with Crippen LogP contribution in [0.1, 0.15) is 26.3 Å². The van der Waals surface area contributed by atoms with Gasteiger partial charge in [0.05, 0.1) is 0 Å². The molecule has 1 saturated heterocycles. The summed E-state index contributed by atoms with van der Waals surface area (Å²) >= 11 is 1.82. The van der Waals surface area contributed by atoms with E-state index in [1.165, 1.54) is 10.5 Å². The molecule has 1 aromatic rings. The van der Waals surface area contributed by atoms with Gasteiger partial charge in [-0.25, -0.2) is 9.10 Å². The van der Waals surface area contributed by atoms with E-state index in [9.17, 15) is 4.79 Å². The Morgan fingerprint density at radius 1 is 1.29 bits per heavy atom. The van der Waals surface area contributed by atoms with Crippen LogP contribution < -0.4 is 0 Å². The van der Waals surface area contributed by atoms with Crippen LogP contribution in [0, 0.1) is 0 Å². The van der Waals surface area contributed by atoms with E-state index in [0.717, 1.165) is 26.1 Å². The van der Waals surface area contributed by atoms with Gasteiger partial charge in [0.1, 0.15) is 5.60 Å². The zero-order valence-corrected chi connectivity index (χ0v) is 13.7. The summed E-state index contributed by atoms with van der Waals surface area (Å²) in [5, 5.41) is 0. The molecule has 2 aliphatic heterocycles. The molecule has 1 amide bonds. The van der Waals surface area contributed by atoms with Gasteiger partial charge in [-0.05, 0) is 50.8 Å². The fourth-order valence-corrected chi connectivity index (χ4v) is 3.88. The molecule has 0 N–H and O–H groups in total. The van der Waals surface area contributed by atoms with E-state index in [2.05, 4.69) is 28.6 Å². The van der Waals surface area contributed by atoms with Crippen molar-refractivity contribution < 1.29 is 9.53 Å². The standard InChI is InChI=1S/C16H22N2O2S/c1-16(2,3)20-15(19)17-8-9-18-13(11-17)10-12-6-4-5-7-14(12)21-18/h4-7,13H,8-11H2,1-3H3. The molecule has 21 heavy (non-hydrogen) atoms. The lowest BCUT2D eigenvalue weighted by Gasteiger charge is -2.43. The maximum absolute atomic E-state index is 12.2. The van der Waals surface area contributed by atoms with Crippen LogP contribution in [0.25, 0.3) is 0 Å². The Morgan fingerprint density at radius 3 is 2.81 bits per heavy atom. The summed E-state index contributed by atoms with van der Waals surface area (Å²) in [4.78, 5) is 15.4. The van der Waals surface area contributed by atoms with E-state index in [4.69, 9.17) is 4.74 Å². The third-order valence-electron chi connectivity index (χ3n) is 3.72. The van der Waals surface area contributed by atoms with Crippen LogP contribution in [0.5, 0.6) is 0 Å². The SMILES string of the molecule is CC(C)(C)OC(=O)N1CCN2Sc3ccccc3CC2C1. The second kappa shape index (κ2) is 5.54. The minimum Gasteiger partial charge on any atom is -0.444 e. The van der Waals surface area contributed by atoms with Crippen molar-refractivity contribution in [1.82, 2.24) is 9.21 Å². The first-order valence-corrected chi connectivity index (χ1v) is 8.20. The van der Waals surface area contributed by atoms with Gasteiger partial charge in [-0.3, -0.25) is 0 Å². The van der Waals surface area contributed by atoms with Crippen molar-refractivity contribution in [2.45, 2.75) is 43.7 Å². The highest BCUT2D eigenvalue weighted by Gasteiger charge is 2.35. The topological polar surface area (TPSA) is 32.8 Å². The molecule has 1 unspecified atom stereocenters. The van der Waals surface area contributed by atoms with Crippen molar-refractivity contribution in [3.63, 3.8) is 0 Å². The number of rotatable bonds is 0. The van der Waals surface area contributed by atoms with E-state index in [1.54, 1.807) is 0 Å². The Kier molecular flexibility index (Phi) is 3.88. The molecule has 5 heteroatoms. The smallest absolute Gasteiger partial charge is 0.410 e. The lowest BCUT2D eigenvalue weighted by molar-refractivity contribution is 0.0138. The molecule has 1 aromatic carbocycles. The summed E-state index contributed by atoms with van der Waals surface area (Å²) in [6.45, 7) is 8.11. The van der Waals surface area contributed by atoms with Crippen molar-refractivity contribution in [3.05, 3.63) is 29.8 Å². The van der Waals surface area contributed by atoms with E-state index in [0.29, 0.717) is 6.04 Å². The van der Waals surface area contributed by atoms with Crippen molar-refractivity contribution in [1.29, 1.82) is 0 Å². The summed E-state index contributed by atoms with van der Waals surface area (Å²) < 4.78 is 7.89. The average molecular weight is 306 g/mol. The molecule has 4 nitrogen and oxygen atoms in total. The maximum Gasteiger partial charge on any atom is 0.410 e. The number of fused-ring (bicyclic) bond motifs is 2. The van der Waals surface area contributed by atoms with Gasteiger partial charge in [0.25, 0.3) is 0 Å². The van der Waals surface area contributed by atoms with E-state index in [1.807, 2.05) is 37.6 Å². The molecule has 1 atom stereocenters. The minimum absolute atomic E-state index is 0.189. The first-order valence-electron chi connectivity index (χ1n) is 7.43. The number of amides is 1. The van der Waals surface area contributed by atoms with Crippen LogP contribution in [-0.2, 0) is 11.2 Å². The largest absolute Gasteiger partial charge is 0.444 e. The van der Waals surface area contributed by atoms with Gasteiger partial charge in [-0.15, -0.1) is 0 Å². The van der Waals surface area contributed by atoms with Crippen LogP contribution in [0.15, 0.2) is 29.2 Å². The molecular formula is C16H22N2O2S. The second-order valence-corrected chi connectivity index (χ2v) is 7.72. The quantitative estimate of drug-likeness (QED) is 0.689. The van der Waals surface area contributed by atoms with Crippen molar-refractivity contribution in [3.8, 4) is 0 Å². The molecule has 0 bridgehead atoms. The van der Waals surface area contributed by atoms with Gasteiger partial charge in [0.15, 0.2) is 0 Å². The Hall–Kier alpha value is -1.20. The number of piperazine rings is 1. The van der Waals surface area contributed by atoms with Crippen molar-refractivity contribution in [2.75, 3.05) is 19.6 Å². The van der Waals surface area contributed by atoms with E-state index >= 15 is 0 Å². The number of nitrogens with zero attached hydrogens (tertiary/aromatic N) is 2. The highest BCUT2D eigenvalue weighted by atomic mass is 32.2. The average Bonchev–Trinajstić information content (AvgIpc) is 2.42. The zero-order valence-electron chi connectivity index (χ0n) is 12.8. The molecular weight excluding hydrogens is 284 g/mol. The zero-order chi connectivity index (χ0) is 15.0. The predicted octanol–water partition coefficient (Wildman–Crippen LogP) is 3.17. The summed E-state index contributed by atoms with van der Waals surface area (Å²) in [5.41, 5.74) is 0.956. The van der Waals surface area contributed by atoms with Crippen LogP contribution in [0.3, 0.4) is 0 Å². The van der Waals surface area contributed by atoms with E-state index in [-0.39, 0.29) is 6.09 Å². The summed E-state index contributed by atoms with van der Waals surface area (Å²) in [6, 6.07) is 8.92. The summed E-state index contributed by atoms with van der Waals surface area (Å²) in [6.07, 6.45) is 0.814. The Bertz CT molecular complexity index is 541. The highest BCUT2D eigenvalue weighted by Crippen LogP contribution is 2.36. The molecule has 2 heterocycles. The van der Waals surface area contributed by atoms with Gasteiger partial charge in [-0.2, -0.15) is 0 Å².